The number of aromatic nitrogens is 1. The zero-order chi connectivity index (χ0) is 24.1. The number of carbonyl (C=O) groups is 2. The Kier molecular flexibility index (Phi) is 4.79. The smallest absolute Gasteiger partial charge is 0.411 e. The van der Waals surface area contributed by atoms with E-state index in [9.17, 15) is 24.9 Å². The van der Waals surface area contributed by atoms with Gasteiger partial charge in [0.05, 0.1) is 0 Å². The van der Waals surface area contributed by atoms with E-state index in [0.29, 0.717) is 5.69 Å². The van der Waals surface area contributed by atoms with Gasteiger partial charge in [-0.2, -0.15) is 0 Å². The van der Waals surface area contributed by atoms with Crippen molar-refractivity contribution in [1.29, 1.82) is 0 Å². The van der Waals surface area contributed by atoms with Crippen LogP contribution in [-0.2, 0) is 7.05 Å². The molecular formula is C26H20N2O6. The number of ketones is 1. The van der Waals surface area contributed by atoms with Crippen molar-refractivity contribution in [2.24, 2.45) is 7.05 Å². The number of ether oxygens (including phenoxy) is 1. The number of phenols is 2. The van der Waals surface area contributed by atoms with Gasteiger partial charge < -0.3 is 24.6 Å². The second kappa shape index (κ2) is 7.70. The number of aryl methyl sites for hydroxylation is 1. The van der Waals surface area contributed by atoms with Crippen LogP contribution >= 0.6 is 0 Å². The molecule has 1 aliphatic rings. The monoisotopic (exact) mass is 456 g/mol. The summed E-state index contributed by atoms with van der Waals surface area (Å²) in [7, 11) is 3.38. The van der Waals surface area contributed by atoms with E-state index in [1.54, 1.807) is 18.2 Å². The van der Waals surface area contributed by atoms with Crippen LogP contribution in [-0.4, -0.2) is 38.8 Å². The second-order valence-corrected chi connectivity index (χ2v) is 8.06. The summed E-state index contributed by atoms with van der Waals surface area (Å²) in [6, 6.07) is 15.4. The summed E-state index contributed by atoms with van der Waals surface area (Å²) in [4.78, 5) is 25.3. The first kappa shape index (κ1) is 21.1. The predicted octanol–water partition coefficient (Wildman–Crippen LogP) is 4.99. The number of allylic oxidation sites excluding steroid dienone is 1. The van der Waals surface area contributed by atoms with Gasteiger partial charge in [0, 0.05) is 54.6 Å². The van der Waals surface area contributed by atoms with E-state index in [-0.39, 0.29) is 28.6 Å². The number of hydrogen-bond donors (Lipinski definition) is 3. The molecular weight excluding hydrogens is 436 g/mol. The molecule has 1 aliphatic heterocycles. The van der Waals surface area contributed by atoms with Crippen LogP contribution in [0, 0.1) is 0 Å². The van der Waals surface area contributed by atoms with Gasteiger partial charge in [-0.15, -0.1) is 0 Å². The Bertz CT molecular complexity index is 1510. The summed E-state index contributed by atoms with van der Waals surface area (Å²) in [5, 5.41) is 29.9. The molecule has 0 saturated carbocycles. The molecule has 0 fully saturated rings. The van der Waals surface area contributed by atoms with Gasteiger partial charge in [-0.3, -0.25) is 9.69 Å². The number of hydrogen-bond acceptors (Lipinski definition) is 5. The highest BCUT2D eigenvalue weighted by Crippen LogP contribution is 2.41. The molecule has 8 nitrogen and oxygen atoms in total. The molecule has 34 heavy (non-hydrogen) atoms. The summed E-state index contributed by atoms with van der Waals surface area (Å²) in [6.45, 7) is 0. The second-order valence-electron chi connectivity index (χ2n) is 8.06. The molecule has 2 heterocycles. The van der Waals surface area contributed by atoms with Gasteiger partial charge in [0.15, 0.2) is 5.76 Å². The first-order valence-corrected chi connectivity index (χ1v) is 10.4. The van der Waals surface area contributed by atoms with Crippen LogP contribution in [0.3, 0.4) is 0 Å². The summed E-state index contributed by atoms with van der Waals surface area (Å²) < 4.78 is 7.61. The fraction of sp³-hybridized carbons (Fsp3) is 0.0769. The average Bonchev–Trinajstić information content (AvgIpc) is 3.29. The Labute approximate surface area is 194 Å². The van der Waals surface area contributed by atoms with Crippen LogP contribution in [0.4, 0.5) is 10.5 Å². The first-order valence-electron chi connectivity index (χ1n) is 10.4. The van der Waals surface area contributed by atoms with Gasteiger partial charge in [0.25, 0.3) is 0 Å². The fourth-order valence-corrected chi connectivity index (χ4v) is 4.22. The van der Waals surface area contributed by atoms with E-state index in [0.717, 1.165) is 38.6 Å². The number of aromatic hydroxyl groups is 2. The van der Waals surface area contributed by atoms with Gasteiger partial charge in [0.1, 0.15) is 22.8 Å². The molecule has 8 heteroatoms. The highest BCUT2D eigenvalue weighted by atomic mass is 16.5. The Hall–Kier alpha value is -4.72. The lowest BCUT2D eigenvalue weighted by molar-refractivity contribution is 0.101. The standard InChI is InChI=1S/C26H20N2O6/c1-27-13-15(10-22-25(31)24-20(30)11-17(29)12-21(24)34-22)23-18(4-3-5-19(23)27)14-6-8-16(9-7-14)28(2)26(32)33/h3-13,29-30H,1-2H3,(H,32,33). The number of nitrogens with zero attached hydrogens (tertiary/aromatic N) is 2. The zero-order valence-corrected chi connectivity index (χ0v) is 18.3. The number of phenolic OH excluding ortho intramolecular Hbond substituents is 2. The van der Waals surface area contributed by atoms with Crippen LogP contribution in [0.5, 0.6) is 17.2 Å². The summed E-state index contributed by atoms with van der Waals surface area (Å²) in [5.41, 5.74) is 4.01. The third-order valence-electron chi connectivity index (χ3n) is 5.92. The topological polar surface area (TPSA) is 112 Å². The van der Waals surface area contributed by atoms with E-state index >= 15 is 0 Å². The molecule has 0 aliphatic carbocycles. The van der Waals surface area contributed by atoms with Crippen LogP contribution in [0.15, 0.2) is 66.6 Å². The molecule has 0 radical (unpaired) electrons. The largest absolute Gasteiger partial charge is 0.508 e. The van der Waals surface area contributed by atoms with Crippen molar-refractivity contribution in [3.05, 3.63) is 77.7 Å². The third-order valence-corrected chi connectivity index (χ3v) is 5.92. The number of benzene rings is 3. The maximum absolute atomic E-state index is 12.9. The van der Waals surface area contributed by atoms with Crippen LogP contribution in [0.1, 0.15) is 15.9 Å². The van der Waals surface area contributed by atoms with Crippen LogP contribution < -0.4 is 9.64 Å². The molecule has 0 bridgehead atoms. The molecule has 0 saturated heterocycles. The molecule has 3 aromatic carbocycles. The number of anilines is 1. The number of amides is 1. The minimum Gasteiger partial charge on any atom is -0.508 e. The summed E-state index contributed by atoms with van der Waals surface area (Å²) in [5.74, 6) is -0.866. The maximum atomic E-state index is 12.9. The highest BCUT2D eigenvalue weighted by Gasteiger charge is 2.31. The minimum atomic E-state index is -1.05. The summed E-state index contributed by atoms with van der Waals surface area (Å²) in [6.07, 6.45) is 2.45. The Morgan fingerprint density at radius 2 is 1.82 bits per heavy atom. The Morgan fingerprint density at radius 1 is 1.09 bits per heavy atom. The Balaban J connectivity index is 1.61. The lowest BCUT2D eigenvalue weighted by atomic mass is 9.98. The normalized spacial score (nSPS) is 13.8. The number of fused-ring (bicyclic) bond motifs is 2. The van der Waals surface area contributed by atoms with Crippen LogP contribution in [0.2, 0.25) is 0 Å². The summed E-state index contributed by atoms with van der Waals surface area (Å²) >= 11 is 0. The maximum Gasteiger partial charge on any atom is 0.411 e. The van der Waals surface area contributed by atoms with Gasteiger partial charge in [0.2, 0.25) is 5.78 Å². The average molecular weight is 456 g/mol. The van der Waals surface area contributed by atoms with E-state index < -0.39 is 11.9 Å². The number of carboxylic acid groups (broad SMARTS) is 1. The van der Waals surface area contributed by atoms with Crippen molar-refractivity contribution in [2.75, 3.05) is 11.9 Å². The predicted molar refractivity (Wildman–Crippen MR) is 127 cm³/mol. The van der Waals surface area contributed by atoms with Gasteiger partial charge in [-0.1, -0.05) is 24.3 Å². The SMILES string of the molecule is CN(C(=O)O)c1ccc(-c2cccc3c2c(C=C2Oc4cc(O)cc(O)c4C2=O)cn3C)cc1. The van der Waals surface area contributed by atoms with Gasteiger partial charge in [-0.25, -0.2) is 4.79 Å². The molecule has 0 spiro atoms. The minimum absolute atomic E-state index is 0.0163. The molecule has 0 unspecified atom stereocenters. The number of carbonyl (C=O) groups excluding carboxylic acids is 1. The fourth-order valence-electron chi connectivity index (χ4n) is 4.22. The third kappa shape index (κ3) is 3.32. The van der Waals surface area contributed by atoms with Crippen LogP contribution in [0.25, 0.3) is 28.1 Å². The molecule has 1 aromatic heterocycles. The number of rotatable bonds is 3. The van der Waals surface area contributed by atoms with Crippen molar-refractivity contribution in [3.8, 4) is 28.4 Å². The quantitative estimate of drug-likeness (QED) is 0.375. The van der Waals surface area contributed by atoms with E-state index in [1.165, 1.54) is 13.1 Å². The number of Topliss-reactive ketones (excluding diaryl/α,β-unsaturated/α-hetero) is 1. The van der Waals surface area contributed by atoms with Gasteiger partial charge in [-0.05, 0) is 35.4 Å². The molecule has 5 rings (SSSR count). The van der Waals surface area contributed by atoms with Crippen molar-refractivity contribution in [1.82, 2.24) is 4.57 Å². The lowest BCUT2D eigenvalue weighted by Gasteiger charge is -2.14. The molecule has 4 aromatic rings. The van der Waals surface area contributed by atoms with Gasteiger partial charge >= 0.3 is 6.09 Å². The van der Waals surface area contributed by atoms with Crippen molar-refractivity contribution >= 4 is 34.5 Å². The molecule has 3 N–H and O–H groups in total. The van der Waals surface area contributed by atoms with Crippen molar-refractivity contribution in [2.45, 2.75) is 0 Å². The van der Waals surface area contributed by atoms with E-state index in [1.807, 2.05) is 48.1 Å². The highest BCUT2D eigenvalue weighted by molar-refractivity contribution is 6.17. The Morgan fingerprint density at radius 3 is 2.53 bits per heavy atom. The first-order chi connectivity index (χ1) is 16.2. The molecule has 1 amide bonds. The van der Waals surface area contributed by atoms with E-state index in [4.69, 9.17) is 4.74 Å². The van der Waals surface area contributed by atoms with Crippen molar-refractivity contribution < 1.29 is 29.6 Å². The molecule has 0 atom stereocenters. The van der Waals surface area contributed by atoms with Crippen molar-refractivity contribution in [3.63, 3.8) is 0 Å². The van der Waals surface area contributed by atoms with E-state index in [2.05, 4.69) is 0 Å². The zero-order valence-electron chi connectivity index (χ0n) is 18.3. The lowest BCUT2D eigenvalue weighted by Crippen LogP contribution is -2.23. The molecule has 170 valence electrons.